The van der Waals surface area contributed by atoms with E-state index in [-0.39, 0.29) is 0 Å². The average Bonchev–Trinajstić information content (AvgIpc) is 2.26. The lowest BCUT2D eigenvalue weighted by Crippen LogP contribution is -2.39. The van der Waals surface area contributed by atoms with Crippen LogP contribution in [-0.2, 0) is 0 Å². The van der Waals surface area contributed by atoms with Crippen LogP contribution in [0.5, 0.6) is 0 Å². The van der Waals surface area contributed by atoms with E-state index in [1.165, 1.54) is 12.8 Å². The zero-order valence-corrected chi connectivity index (χ0v) is 9.91. The first kappa shape index (κ1) is 12.9. The van der Waals surface area contributed by atoms with Crippen LogP contribution in [-0.4, -0.2) is 30.3 Å². The van der Waals surface area contributed by atoms with Crippen molar-refractivity contribution >= 4 is 0 Å². The molecule has 90 valence electrons. The summed E-state index contributed by atoms with van der Waals surface area (Å²) >= 11 is 0. The van der Waals surface area contributed by atoms with E-state index in [2.05, 4.69) is 12.2 Å². The van der Waals surface area contributed by atoms with E-state index < -0.39 is 0 Å². The maximum absolute atomic E-state index is 8.90. The summed E-state index contributed by atoms with van der Waals surface area (Å²) in [6.45, 7) is 3.56. The molecule has 1 atom stereocenters. The topological polar surface area (TPSA) is 58.3 Å². The standard InChI is InChI=1S/C12H26N2O/c1-2-10(7-8-15)9-14-12-5-3-11(13)4-6-12/h10-12,14-15H,2-9,13H2,1H3. The Morgan fingerprint density at radius 1 is 1.33 bits per heavy atom. The molecule has 0 saturated heterocycles. The molecule has 1 aliphatic carbocycles. The van der Waals surface area contributed by atoms with Crippen molar-refractivity contribution in [3.8, 4) is 0 Å². The third kappa shape index (κ3) is 4.96. The van der Waals surface area contributed by atoms with Crippen LogP contribution in [0.3, 0.4) is 0 Å². The van der Waals surface area contributed by atoms with Gasteiger partial charge in [-0.15, -0.1) is 0 Å². The second kappa shape index (κ2) is 7.20. The van der Waals surface area contributed by atoms with Crippen LogP contribution in [0.2, 0.25) is 0 Å². The van der Waals surface area contributed by atoms with E-state index in [1.54, 1.807) is 0 Å². The van der Waals surface area contributed by atoms with Crippen LogP contribution >= 0.6 is 0 Å². The van der Waals surface area contributed by atoms with Gasteiger partial charge in [-0.25, -0.2) is 0 Å². The predicted octanol–water partition coefficient (Wildman–Crippen LogP) is 1.25. The van der Waals surface area contributed by atoms with E-state index in [0.29, 0.717) is 24.6 Å². The van der Waals surface area contributed by atoms with Gasteiger partial charge < -0.3 is 16.2 Å². The first-order valence-corrected chi connectivity index (χ1v) is 6.36. The lowest BCUT2D eigenvalue weighted by molar-refractivity contribution is 0.242. The normalized spacial score (nSPS) is 29.0. The quantitative estimate of drug-likeness (QED) is 0.624. The molecule has 0 amide bonds. The Morgan fingerprint density at radius 3 is 2.53 bits per heavy atom. The number of nitrogens with one attached hydrogen (secondary N) is 1. The number of nitrogens with two attached hydrogens (primary N) is 1. The molecule has 0 aromatic carbocycles. The molecule has 15 heavy (non-hydrogen) atoms. The van der Waals surface area contributed by atoms with Crippen molar-refractivity contribution in [2.45, 2.75) is 57.5 Å². The van der Waals surface area contributed by atoms with Gasteiger partial charge in [-0.05, 0) is 44.6 Å². The van der Waals surface area contributed by atoms with Crippen LogP contribution in [0.1, 0.15) is 45.4 Å². The highest BCUT2D eigenvalue weighted by Gasteiger charge is 2.18. The van der Waals surface area contributed by atoms with Crippen LogP contribution < -0.4 is 11.1 Å². The molecule has 0 bridgehead atoms. The van der Waals surface area contributed by atoms with Gasteiger partial charge >= 0.3 is 0 Å². The molecule has 1 unspecified atom stereocenters. The molecule has 0 aromatic heterocycles. The van der Waals surface area contributed by atoms with Crippen molar-refractivity contribution in [1.29, 1.82) is 0 Å². The maximum Gasteiger partial charge on any atom is 0.0434 e. The SMILES string of the molecule is CCC(CCO)CNC1CCC(N)CC1. The fraction of sp³-hybridized carbons (Fsp3) is 1.00. The zero-order valence-electron chi connectivity index (χ0n) is 9.91. The van der Waals surface area contributed by atoms with Gasteiger partial charge in [0, 0.05) is 18.7 Å². The molecule has 4 N–H and O–H groups in total. The summed E-state index contributed by atoms with van der Waals surface area (Å²) in [6.07, 6.45) is 6.84. The summed E-state index contributed by atoms with van der Waals surface area (Å²) < 4.78 is 0. The molecule has 0 aromatic rings. The highest BCUT2D eigenvalue weighted by Crippen LogP contribution is 2.17. The summed E-state index contributed by atoms with van der Waals surface area (Å²) in [5.74, 6) is 0.630. The Hall–Kier alpha value is -0.120. The van der Waals surface area contributed by atoms with Gasteiger partial charge in [-0.2, -0.15) is 0 Å². The molecule has 0 spiro atoms. The number of aliphatic hydroxyl groups excluding tert-OH is 1. The summed E-state index contributed by atoms with van der Waals surface area (Å²) in [7, 11) is 0. The van der Waals surface area contributed by atoms with Gasteiger partial charge in [0.05, 0.1) is 0 Å². The van der Waals surface area contributed by atoms with Gasteiger partial charge in [0.25, 0.3) is 0 Å². The fourth-order valence-electron chi connectivity index (χ4n) is 2.29. The molecule has 3 heteroatoms. The van der Waals surface area contributed by atoms with Crippen molar-refractivity contribution in [2.75, 3.05) is 13.2 Å². The third-order valence-electron chi connectivity index (χ3n) is 3.58. The Balaban J connectivity index is 2.12. The van der Waals surface area contributed by atoms with Gasteiger partial charge in [0.2, 0.25) is 0 Å². The summed E-state index contributed by atoms with van der Waals surface area (Å²) in [5.41, 5.74) is 5.87. The average molecular weight is 214 g/mol. The molecule has 0 aliphatic heterocycles. The summed E-state index contributed by atoms with van der Waals surface area (Å²) in [6, 6.07) is 1.10. The van der Waals surface area contributed by atoms with E-state index in [0.717, 1.165) is 32.2 Å². The fourth-order valence-corrected chi connectivity index (χ4v) is 2.29. The smallest absolute Gasteiger partial charge is 0.0434 e. The van der Waals surface area contributed by atoms with E-state index in [9.17, 15) is 0 Å². The van der Waals surface area contributed by atoms with E-state index in [4.69, 9.17) is 10.8 Å². The molecule has 1 aliphatic rings. The first-order chi connectivity index (χ1) is 7.26. The van der Waals surface area contributed by atoms with Gasteiger partial charge in [-0.1, -0.05) is 13.3 Å². The van der Waals surface area contributed by atoms with E-state index in [1.807, 2.05) is 0 Å². The lowest BCUT2D eigenvalue weighted by atomic mass is 9.91. The molecule has 1 fully saturated rings. The monoisotopic (exact) mass is 214 g/mol. The van der Waals surface area contributed by atoms with Crippen molar-refractivity contribution in [3.05, 3.63) is 0 Å². The molecule has 3 nitrogen and oxygen atoms in total. The predicted molar refractivity (Wildman–Crippen MR) is 63.7 cm³/mol. The van der Waals surface area contributed by atoms with Crippen LogP contribution in [0.25, 0.3) is 0 Å². The Bertz CT molecular complexity index is 156. The third-order valence-corrected chi connectivity index (χ3v) is 3.58. The highest BCUT2D eigenvalue weighted by molar-refractivity contribution is 4.79. The first-order valence-electron chi connectivity index (χ1n) is 6.36. The molecular weight excluding hydrogens is 188 g/mol. The second-order valence-corrected chi connectivity index (χ2v) is 4.81. The number of hydrogen-bond donors (Lipinski definition) is 3. The number of aliphatic hydroxyl groups is 1. The minimum Gasteiger partial charge on any atom is -0.396 e. The second-order valence-electron chi connectivity index (χ2n) is 4.81. The van der Waals surface area contributed by atoms with Gasteiger partial charge in [-0.3, -0.25) is 0 Å². The highest BCUT2D eigenvalue weighted by atomic mass is 16.3. The molecular formula is C12H26N2O. The van der Waals surface area contributed by atoms with Crippen LogP contribution in [0.4, 0.5) is 0 Å². The van der Waals surface area contributed by atoms with E-state index >= 15 is 0 Å². The van der Waals surface area contributed by atoms with Crippen molar-refractivity contribution in [2.24, 2.45) is 11.7 Å². The molecule has 0 heterocycles. The largest absolute Gasteiger partial charge is 0.396 e. The minimum absolute atomic E-state index is 0.315. The Kier molecular flexibility index (Phi) is 6.22. The van der Waals surface area contributed by atoms with Crippen molar-refractivity contribution in [1.82, 2.24) is 5.32 Å². The summed E-state index contributed by atoms with van der Waals surface area (Å²) in [5, 5.41) is 12.5. The number of rotatable bonds is 6. The molecule has 1 rings (SSSR count). The van der Waals surface area contributed by atoms with Crippen LogP contribution in [0, 0.1) is 5.92 Å². The zero-order chi connectivity index (χ0) is 11.1. The van der Waals surface area contributed by atoms with Crippen molar-refractivity contribution < 1.29 is 5.11 Å². The Labute approximate surface area is 93.4 Å². The molecule has 0 radical (unpaired) electrons. The minimum atomic E-state index is 0.315. The van der Waals surface area contributed by atoms with Gasteiger partial charge in [0.1, 0.15) is 0 Å². The van der Waals surface area contributed by atoms with Crippen LogP contribution in [0.15, 0.2) is 0 Å². The van der Waals surface area contributed by atoms with Gasteiger partial charge in [0.15, 0.2) is 0 Å². The maximum atomic E-state index is 8.90. The molecule has 1 saturated carbocycles. The summed E-state index contributed by atoms with van der Waals surface area (Å²) in [4.78, 5) is 0. The Morgan fingerprint density at radius 2 is 2.00 bits per heavy atom. The van der Waals surface area contributed by atoms with Crippen molar-refractivity contribution in [3.63, 3.8) is 0 Å². The lowest BCUT2D eigenvalue weighted by Gasteiger charge is -2.28. The number of hydrogen-bond acceptors (Lipinski definition) is 3.